The molecule has 0 heterocycles. The van der Waals surface area contributed by atoms with E-state index in [0.29, 0.717) is 0 Å². The quantitative estimate of drug-likeness (QED) is 0.615. The Morgan fingerprint density at radius 3 is 2.92 bits per heavy atom. The number of nitrogens with one attached hydrogen (secondary N) is 1. The van der Waals surface area contributed by atoms with Gasteiger partial charge in [0.15, 0.2) is 0 Å². The van der Waals surface area contributed by atoms with E-state index in [1.807, 2.05) is 24.3 Å². The fourth-order valence-electron chi connectivity index (χ4n) is 1.07. The normalized spacial score (nSPS) is 12.5. The summed E-state index contributed by atoms with van der Waals surface area (Å²) in [5, 5.41) is 12.2. The maximum atomic E-state index is 9.02. The molecule has 0 aliphatic rings. The highest BCUT2D eigenvalue weighted by molar-refractivity contribution is 5.53. The zero-order valence-corrected chi connectivity index (χ0v) is 7.83. The fourth-order valence-corrected chi connectivity index (χ4v) is 1.07. The first-order valence-electron chi connectivity index (χ1n) is 4.46. The zero-order valence-electron chi connectivity index (χ0n) is 7.83. The van der Waals surface area contributed by atoms with Crippen LogP contribution >= 0.6 is 0 Å². The molecule has 0 saturated heterocycles. The van der Waals surface area contributed by atoms with Crippen molar-refractivity contribution in [2.24, 2.45) is 0 Å². The van der Waals surface area contributed by atoms with Gasteiger partial charge in [-0.2, -0.15) is 0 Å². The van der Waals surface area contributed by atoms with E-state index in [-0.39, 0.29) is 6.10 Å². The Morgan fingerprint density at radius 2 is 2.31 bits per heavy atom. The summed E-state index contributed by atoms with van der Waals surface area (Å²) < 4.78 is 0. The third-order valence-electron chi connectivity index (χ3n) is 1.78. The lowest BCUT2D eigenvalue weighted by Gasteiger charge is -2.07. The first-order valence-corrected chi connectivity index (χ1v) is 4.46. The third kappa shape index (κ3) is 3.80. The molecule has 0 spiro atoms. The van der Waals surface area contributed by atoms with E-state index in [0.717, 1.165) is 24.3 Å². The maximum absolute atomic E-state index is 9.02. The van der Waals surface area contributed by atoms with Crippen LogP contribution in [0.1, 0.15) is 13.3 Å². The van der Waals surface area contributed by atoms with Gasteiger partial charge in [-0.15, -0.1) is 0 Å². The van der Waals surface area contributed by atoms with E-state index in [2.05, 4.69) is 5.32 Å². The number of aliphatic hydroxyl groups is 1. The van der Waals surface area contributed by atoms with E-state index in [4.69, 9.17) is 10.8 Å². The average molecular weight is 180 g/mol. The Morgan fingerprint density at radius 1 is 1.54 bits per heavy atom. The van der Waals surface area contributed by atoms with Crippen LogP contribution in [0.4, 0.5) is 11.4 Å². The summed E-state index contributed by atoms with van der Waals surface area (Å²) in [6.07, 6.45) is 0.489. The second-order valence-corrected chi connectivity index (χ2v) is 3.19. The lowest BCUT2D eigenvalue weighted by atomic mass is 10.2. The molecule has 3 nitrogen and oxygen atoms in total. The molecule has 0 aliphatic heterocycles. The minimum absolute atomic E-state index is 0.256. The number of hydrogen-bond donors (Lipinski definition) is 3. The molecule has 0 fully saturated rings. The van der Waals surface area contributed by atoms with Gasteiger partial charge in [0.05, 0.1) is 6.10 Å². The predicted octanol–water partition coefficient (Wildman–Crippen LogP) is 1.45. The van der Waals surface area contributed by atoms with Crippen molar-refractivity contribution in [3.63, 3.8) is 0 Å². The number of benzene rings is 1. The first kappa shape index (κ1) is 9.86. The molecule has 1 aromatic rings. The van der Waals surface area contributed by atoms with Crippen LogP contribution in [0, 0.1) is 0 Å². The highest BCUT2D eigenvalue weighted by Gasteiger charge is 1.95. The van der Waals surface area contributed by atoms with Crippen LogP contribution in [0.15, 0.2) is 24.3 Å². The average Bonchev–Trinajstić information content (AvgIpc) is 2.03. The molecule has 4 N–H and O–H groups in total. The number of aliphatic hydroxyl groups excluding tert-OH is 1. The molecular formula is C10H16N2O. The van der Waals surface area contributed by atoms with Crippen molar-refractivity contribution >= 4 is 11.4 Å². The smallest absolute Gasteiger partial charge is 0.0528 e. The summed E-state index contributed by atoms with van der Waals surface area (Å²) in [5.74, 6) is 0. The molecule has 1 unspecified atom stereocenters. The molecule has 1 aromatic carbocycles. The molecule has 0 bridgehead atoms. The van der Waals surface area contributed by atoms with Gasteiger partial charge in [0, 0.05) is 17.9 Å². The Balaban J connectivity index is 2.37. The molecular weight excluding hydrogens is 164 g/mol. The summed E-state index contributed by atoms with van der Waals surface area (Å²) in [7, 11) is 0. The minimum Gasteiger partial charge on any atom is -0.399 e. The van der Waals surface area contributed by atoms with Gasteiger partial charge in [-0.3, -0.25) is 0 Å². The van der Waals surface area contributed by atoms with Gasteiger partial charge in [-0.05, 0) is 31.5 Å². The number of anilines is 2. The summed E-state index contributed by atoms with van der Waals surface area (Å²) in [4.78, 5) is 0. The summed E-state index contributed by atoms with van der Waals surface area (Å²) >= 11 is 0. The lowest BCUT2D eigenvalue weighted by molar-refractivity contribution is 0.189. The highest BCUT2D eigenvalue weighted by atomic mass is 16.3. The standard InChI is InChI=1S/C10H16N2O/c1-8(13)5-6-12-10-4-2-3-9(11)7-10/h2-4,7-8,12-13H,5-6,11H2,1H3. The van der Waals surface area contributed by atoms with E-state index >= 15 is 0 Å². The van der Waals surface area contributed by atoms with E-state index < -0.39 is 0 Å². The summed E-state index contributed by atoms with van der Waals surface area (Å²) in [5.41, 5.74) is 7.35. The second kappa shape index (κ2) is 4.72. The van der Waals surface area contributed by atoms with E-state index in [1.54, 1.807) is 6.92 Å². The van der Waals surface area contributed by atoms with Crippen molar-refractivity contribution in [3.8, 4) is 0 Å². The summed E-state index contributed by atoms with van der Waals surface area (Å²) in [6.45, 7) is 2.54. The number of rotatable bonds is 4. The van der Waals surface area contributed by atoms with Gasteiger partial charge in [0.25, 0.3) is 0 Å². The first-order chi connectivity index (χ1) is 6.18. The van der Waals surface area contributed by atoms with E-state index in [9.17, 15) is 0 Å². The Hall–Kier alpha value is -1.22. The Kier molecular flexibility index (Phi) is 3.58. The highest BCUT2D eigenvalue weighted by Crippen LogP contribution is 2.11. The van der Waals surface area contributed by atoms with Crippen molar-refractivity contribution in [2.75, 3.05) is 17.6 Å². The van der Waals surface area contributed by atoms with Crippen LogP contribution in [0.2, 0.25) is 0 Å². The van der Waals surface area contributed by atoms with Gasteiger partial charge in [-0.1, -0.05) is 6.07 Å². The topological polar surface area (TPSA) is 58.3 Å². The molecule has 1 rings (SSSR count). The van der Waals surface area contributed by atoms with Crippen LogP contribution in [0.3, 0.4) is 0 Å². The number of nitrogen functional groups attached to an aromatic ring is 1. The van der Waals surface area contributed by atoms with Crippen LogP contribution in [0.25, 0.3) is 0 Å². The molecule has 0 aliphatic carbocycles. The van der Waals surface area contributed by atoms with Gasteiger partial charge >= 0.3 is 0 Å². The van der Waals surface area contributed by atoms with Crippen molar-refractivity contribution in [1.29, 1.82) is 0 Å². The molecule has 0 saturated carbocycles. The van der Waals surface area contributed by atoms with E-state index in [1.165, 1.54) is 0 Å². The van der Waals surface area contributed by atoms with Gasteiger partial charge < -0.3 is 16.2 Å². The Bertz CT molecular complexity index is 261. The van der Waals surface area contributed by atoms with Crippen LogP contribution in [-0.4, -0.2) is 17.8 Å². The number of hydrogen-bond acceptors (Lipinski definition) is 3. The van der Waals surface area contributed by atoms with Crippen molar-refractivity contribution in [3.05, 3.63) is 24.3 Å². The Labute approximate surface area is 78.6 Å². The van der Waals surface area contributed by atoms with Gasteiger partial charge in [0.1, 0.15) is 0 Å². The molecule has 0 radical (unpaired) electrons. The zero-order chi connectivity index (χ0) is 9.68. The molecule has 1 atom stereocenters. The van der Waals surface area contributed by atoms with Crippen LogP contribution in [0.5, 0.6) is 0 Å². The maximum Gasteiger partial charge on any atom is 0.0528 e. The second-order valence-electron chi connectivity index (χ2n) is 3.19. The molecule has 0 aromatic heterocycles. The fraction of sp³-hybridized carbons (Fsp3) is 0.400. The predicted molar refractivity (Wildman–Crippen MR) is 55.6 cm³/mol. The van der Waals surface area contributed by atoms with Gasteiger partial charge in [0.2, 0.25) is 0 Å². The SMILES string of the molecule is CC(O)CCNc1cccc(N)c1. The monoisotopic (exact) mass is 180 g/mol. The lowest BCUT2D eigenvalue weighted by Crippen LogP contribution is -2.09. The summed E-state index contributed by atoms with van der Waals surface area (Å²) in [6, 6.07) is 7.58. The van der Waals surface area contributed by atoms with Crippen molar-refractivity contribution < 1.29 is 5.11 Å². The molecule has 72 valence electrons. The molecule has 13 heavy (non-hydrogen) atoms. The molecule has 3 heteroatoms. The third-order valence-corrected chi connectivity index (χ3v) is 1.78. The van der Waals surface area contributed by atoms with Crippen molar-refractivity contribution in [1.82, 2.24) is 0 Å². The van der Waals surface area contributed by atoms with Crippen LogP contribution < -0.4 is 11.1 Å². The molecule has 0 amide bonds. The number of nitrogens with two attached hydrogens (primary N) is 1. The minimum atomic E-state index is -0.256. The van der Waals surface area contributed by atoms with Crippen molar-refractivity contribution in [2.45, 2.75) is 19.4 Å². The largest absolute Gasteiger partial charge is 0.399 e. The van der Waals surface area contributed by atoms with Gasteiger partial charge in [-0.25, -0.2) is 0 Å². The van der Waals surface area contributed by atoms with Crippen LogP contribution in [-0.2, 0) is 0 Å².